The standard InChI is InChI=1S/C14H26N2O3S/c1-4-5-6-7-8-12(2)16-20(17,18)14-10-9-13(19-14)11-15-3/h9-10,12,15-16H,4-8,11H2,1-3H3. The first kappa shape index (κ1) is 17.2. The highest BCUT2D eigenvalue weighted by atomic mass is 32.2. The quantitative estimate of drug-likeness (QED) is 0.652. The Balaban J connectivity index is 2.50. The fourth-order valence-corrected chi connectivity index (χ4v) is 3.26. The van der Waals surface area contributed by atoms with Crippen LogP contribution in [0.25, 0.3) is 0 Å². The van der Waals surface area contributed by atoms with Crippen LogP contribution in [-0.4, -0.2) is 21.5 Å². The highest BCUT2D eigenvalue weighted by Gasteiger charge is 2.20. The molecule has 0 bridgehead atoms. The Hall–Kier alpha value is -0.850. The zero-order valence-corrected chi connectivity index (χ0v) is 13.4. The van der Waals surface area contributed by atoms with Crippen LogP contribution in [0, 0.1) is 0 Å². The zero-order chi connectivity index (χ0) is 15.0. The molecule has 0 saturated heterocycles. The summed E-state index contributed by atoms with van der Waals surface area (Å²) in [5.74, 6) is 0.614. The van der Waals surface area contributed by atoms with Gasteiger partial charge >= 0.3 is 0 Å². The van der Waals surface area contributed by atoms with Crippen LogP contribution < -0.4 is 10.0 Å². The number of rotatable bonds is 10. The van der Waals surface area contributed by atoms with E-state index in [1.54, 1.807) is 13.1 Å². The molecule has 116 valence electrons. The van der Waals surface area contributed by atoms with Crippen molar-refractivity contribution in [2.45, 2.75) is 63.6 Å². The molecule has 0 aliphatic heterocycles. The van der Waals surface area contributed by atoms with E-state index in [0.29, 0.717) is 12.3 Å². The van der Waals surface area contributed by atoms with Crippen molar-refractivity contribution in [1.82, 2.24) is 10.0 Å². The van der Waals surface area contributed by atoms with Crippen LogP contribution in [0.15, 0.2) is 21.6 Å². The number of nitrogens with one attached hydrogen (secondary N) is 2. The van der Waals surface area contributed by atoms with Gasteiger partial charge in [0.1, 0.15) is 5.76 Å². The fraction of sp³-hybridized carbons (Fsp3) is 0.714. The van der Waals surface area contributed by atoms with Crippen molar-refractivity contribution in [3.05, 3.63) is 17.9 Å². The van der Waals surface area contributed by atoms with E-state index in [0.717, 1.165) is 19.3 Å². The molecule has 0 spiro atoms. The molecule has 0 fully saturated rings. The van der Waals surface area contributed by atoms with Gasteiger partial charge in [-0.25, -0.2) is 13.1 Å². The average Bonchev–Trinajstić information content (AvgIpc) is 2.84. The molecule has 0 radical (unpaired) electrons. The average molecular weight is 302 g/mol. The maximum absolute atomic E-state index is 12.1. The lowest BCUT2D eigenvalue weighted by atomic mass is 10.1. The van der Waals surface area contributed by atoms with Crippen LogP contribution in [0.2, 0.25) is 0 Å². The Bertz CT molecular complexity index is 482. The van der Waals surface area contributed by atoms with Gasteiger partial charge in [-0.2, -0.15) is 0 Å². The molecule has 1 heterocycles. The van der Waals surface area contributed by atoms with Crippen LogP contribution >= 0.6 is 0 Å². The van der Waals surface area contributed by atoms with Gasteiger partial charge in [-0.1, -0.05) is 32.6 Å². The third-order valence-electron chi connectivity index (χ3n) is 3.10. The number of hydrogen-bond acceptors (Lipinski definition) is 4. The third-order valence-corrected chi connectivity index (χ3v) is 4.56. The van der Waals surface area contributed by atoms with E-state index in [2.05, 4.69) is 17.0 Å². The monoisotopic (exact) mass is 302 g/mol. The second-order valence-electron chi connectivity index (χ2n) is 5.12. The molecule has 1 unspecified atom stereocenters. The lowest BCUT2D eigenvalue weighted by molar-refractivity contribution is 0.401. The first-order chi connectivity index (χ1) is 9.49. The number of unbranched alkanes of at least 4 members (excludes halogenated alkanes) is 3. The van der Waals surface area contributed by atoms with Gasteiger partial charge in [-0.15, -0.1) is 0 Å². The van der Waals surface area contributed by atoms with E-state index in [1.165, 1.54) is 18.9 Å². The van der Waals surface area contributed by atoms with Gasteiger partial charge in [0.25, 0.3) is 10.0 Å². The van der Waals surface area contributed by atoms with Gasteiger partial charge < -0.3 is 9.73 Å². The summed E-state index contributed by atoms with van der Waals surface area (Å²) in [6.07, 6.45) is 5.42. The number of sulfonamides is 1. The molecular weight excluding hydrogens is 276 g/mol. The molecular formula is C14H26N2O3S. The Labute approximate surface area is 122 Å². The van der Waals surface area contributed by atoms with Crippen LogP contribution in [0.3, 0.4) is 0 Å². The van der Waals surface area contributed by atoms with E-state index in [4.69, 9.17) is 4.42 Å². The predicted octanol–water partition coefficient (Wildman–Crippen LogP) is 2.64. The molecule has 1 atom stereocenters. The molecule has 0 aliphatic rings. The van der Waals surface area contributed by atoms with Crippen molar-refractivity contribution >= 4 is 10.0 Å². The second kappa shape index (κ2) is 8.44. The summed E-state index contributed by atoms with van der Waals surface area (Å²) in [5, 5.41) is 2.91. The summed E-state index contributed by atoms with van der Waals surface area (Å²) in [4.78, 5) is 0. The lowest BCUT2D eigenvalue weighted by Crippen LogP contribution is -2.32. The van der Waals surface area contributed by atoms with Gasteiger partial charge in [-0.3, -0.25) is 0 Å². The first-order valence-corrected chi connectivity index (χ1v) is 8.73. The Morgan fingerprint density at radius 2 is 2.00 bits per heavy atom. The molecule has 0 saturated carbocycles. The van der Waals surface area contributed by atoms with E-state index in [-0.39, 0.29) is 11.1 Å². The van der Waals surface area contributed by atoms with Crippen LogP contribution in [0.4, 0.5) is 0 Å². The van der Waals surface area contributed by atoms with Crippen molar-refractivity contribution in [1.29, 1.82) is 0 Å². The van der Waals surface area contributed by atoms with Gasteiger partial charge in [0.2, 0.25) is 5.09 Å². The minimum atomic E-state index is -3.54. The van der Waals surface area contributed by atoms with E-state index in [9.17, 15) is 8.42 Å². The van der Waals surface area contributed by atoms with Gasteiger partial charge in [0.05, 0.1) is 6.54 Å². The lowest BCUT2D eigenvalue weighted by Gasteiger charge is -2.12. The van der Waals surface area contributed by atoms with Gasteiger partial charge in [-0.05, 0) is 32.5 Å². The molecule has 1 aromatic heterocycles. The van der Waals surface area contributed by atoms with E-state index >= 15 is 0 Å². The smallest absolute Gasteiger partial charge is 0.274 e. The fourth-order valence-electron chi connectivity index (χ4n) is 2.03. The SMILES string of the molecule is CCCCCCC(C)NS(=O)(=O)c1ccc(CNC)o1. The largest absolute Gasteiger partial charge is 0.447 e. The molecule has 20 heavy (non-hydrogen) atoms. The van der Waals surface area contributed by atoms with Crippen LogP contribution in [0.5, 0.6) is 0 Å². The van der Waals surface area contributed by atoms with E-state index < -0.39 is 10.0 Å². The minimum absolute atomic E-state index is 0.0110. The molecule has 6 heteroatoms. The highest BCUT2D eigenvalue weighted by molar-refractivity contribution is 7.89. The van der Waals surface area contributed by atoms with Crippen molar-refractivity contribution in [3.63, 3.8) is 0 Å². The van der Waals surface area contributed by atoms with Gasteiger partial charge in [0.15, 0.2) is 0 Å². The zero-order valence-electron chi connectivity index (χ0n) is 12.6. The molecule has 0 aliphatic carbocycles. The molecule has 1 rings (SSSR count). The Morgan fingerprint density at radius 3 is 2.65 bits per heavy atom. The summed E-state index contributed by atoms with van der Waals surface area (Å²) >= 11 is 0. The molecule has 1 aromatic rings. The predicted molar refractivity (Wildman–Crippen MR) is 80.0 cm³/mol. The minimum Gasteiger partial charge on any atom is -0.447 e. The number of hydrogen-bond donors (Lipinski definition) is 2. The molecule has 0 amide bonds. The van der Waals surface area contributed by atoms with Crippen LogP contribution in [-0.2, 0) is 16.6 Å². The first-order valence-electron chi connectivity index (χ1n) is 7.25. The summed E-state index contributed by atoms with van der Waals surface area (Å²) < 4.78 is 32.2. The van der Waals surface area contributed by atoms with Crippen LogP contribution in [0.1, 0.15) is 51.7 Å². The topological polar surface area (TPSA) is 71.3 Å². The normalized spacial score (nSPS) is 13.6. The molecule has 5 nitrogen and oxygen atoms in total. The van der Waals surface area contributed by atoms with E-state index in [1.807, 2.05) is 6.92 Å². The van der Waals surface area contributed by atoms with Crippen molar-refractivity contribution in [2.75, 3.05) is 7.05 Å². The van der Waals surface area contributed by atoms with Gasteiger partial charge in [0, 0.05) is 6.04 Å². The summed E-state index contributed by atoms with van der Waals surface area (Å²) in [5.41, 5.74) is 0. The third kappa shape index (κ3) is 5.64. The number of furan rings is 1. The maximum Gasteiger partial charge on any atom is 0.274 e. The Kier molecular flexibility index (Phi) is 7.26. The highest BCUT2D eigenvalue weighted by Crippen LogP contribution is 2.15. The second-order valence-corrected chi connectivity index (χ2v) is 6.77. The Morgan fingerprint density at radius 1 is 1.25 bits per heavy atom. The van der Waals surface area contributed by atoms with Crippen molar-refractivity contribution in [3.8, 4) is 0 Å². The summed E-state index contributed by atoms with van der Waals surface area (Å²) in [6.45, 7) is 4.56. The molecule has 0 aromatic carbocycles. The van der Waals surface area contributed by atoms with Crippen molar-refractivity contribution in [2.24, 2.45) is 0 Å². The maximum atomic E-state index is 12.1. The summed E-state index contributed by atoms with van der Waals surface area (Å²) in [6, 6.07) is 3.10. The molecule has 2 N–H and O–H groups in total. The van der Waals surface area contributed by atoms with Crippen molar-refractivity contribution < 1.29 is 12.8 Å². The summed E-state index contributed by atoms with van der Waals surface area (Å²) in [7, 11) is -1.76.